The number of hydrogen-bond acceptors (Lipinski definition) is 3. The van der Waals surface area contributed by atoms with Crippen molar-refractivity contribution in [1.29, 1.82) is 0 Å². The molecule has 0 amide bonds. The van der Waals surface area contributed by atoms with Gasteiger partial charge in [-0.25, -0.2) is 9.67 Å². The molecule has 0 unspecified atom stereocenters. The Balaban J connectivity index is 1.67. The number of hydrogen-bond donors (Lipinski definition) is 0. The minimum Gasteiger partial charge on any atom is -0.262 e. The smallest absolute Gasteiger partial charge is 0.151 e. The molecule has 3 aromatic rings. The first-order valence-electron chi connectivity index (χ1n) is 7.82. The molecule has 2 heterocycles. The number of benzene rings is 1. The van der Waals surface area contributed by atoms with Crippen molar-refractivity contribution in [2.45, 2.75) is 38.3 Å². The molecule has 0 saturated carbocycles. The van der Waals surface area contributed by atoms with Gasteiger partial charge < -0.3 is 0 Å². The van der Waals surface area contributed by atoms with Crippen LogP contribution in [0.25, 0.3) is 0 Å². The number of aromatic nitrogens is 5. The number of fused-ring (bicyclic) bond motifs is 1. The molecule has 1 aliphatic rings. The van der Waals surface area contributed by atoms with Gasteiger partial charge in [-0.1, -0.05) is 31.2 Å². The SMILES string of the molecule is CC[C@@H](c1ncnn1C1Cc2ccccc2C1)n1cccn1. The van der Waals surface area contributed by atoms with Crippen LogP contribution in [0.3, 0.4) is 0 Å². The van der Waals surface area contributed by atoms with E-state index in [0.717, 1.165) is 25.1 Å². The van der Waals surface area contributed by atoms with Crippen molar-refractivity contribution in [2.75, 3.05) is 0 Å². The highest BCUT2D eigenvalue weighted by molar-refractivity contribution is 5.32. The van der Waals surface area contributed by atoms with Gasteiger partial charge in [0.05, 0.1) is 6.04 Å². The van der Waals surface area contributed by atoms with E-state index in [1.165, 1.54) is 11.1 Å². The molecule has 0 radical (unpaired) electrons. The summed E-state index contributed by atoms with van der Waals surface area (Å²) in [4.78, 5) is 4.54. The zero-order valence-corrected chi connectivity index (χ0v) is 12.6. The zero-order chi connectivity index (χ0) is 14.9. The monoisotopic (exact) mass is 293 g/mol. The van der Waals surface area contributed by atoms with Gasteiger partial charge in [0.15, 0.2) is 5.82 Å². The highest BCUT2D eigenvalue weighted by Gasteiger charge is 2.28. The van der Waals surface area contributed by atoms with Gasteiger partial charge in [-0.3, -0.25) is 4.68 Å². The van der Waals surface area contributed by atoms with Gasteiger partial charge in [-0.05, 0) is 36.5 Å². The van der Waals surface area contributed by atoms with Gasteiger partial charge in [0.25, 0.3) is 0 Å². The van der Waals surface area contributed by atoms with Crippen molar-refractivity contribution >= 4 is 0 Å². The Morgan fingerprint density at radius 1 is 1.14 bits per heavy atom. The summed E-state index contributed by atoms with van der Waals surface area (Å²) in [7, 11) is 0. The lowest BCUT2D eigenvalue weighted by atomic mass is 10.1. The normalized spacial score (nSPS) is 15.9. The maximum absolute atomic E-state index is 4.54. The largest absolute Gasteiger partial charge is 0.262 e. The third-order valence-corrected chi connectivity index (χ3v) is 4.51. The molecule has 0 saturated heterocycles. The van der Waals surface area contributed by atoms with E-state index < -0.39 is 0 Å². The van der Waals surface area contributed by atoms with Gasteiger partial charge in [-0.15, -0.1) is 0 Å². The van der Waals surface area contributed by atoms with Gasteiger partial charge in [0.2, 0.25) is 0 Å². The summed E-state index contributed by atoms with van der Waals surface area (Å²) < 4.78 is 4.08. The Hall–Kier alpha value is -2.43. The average Bonchev–Trinajstić information content (AvgIpc) is 3.28. The molecule has 1 aliphatic carbocycles. The molecule has 0 fully saturated rings. The van der Waals surface area contributed by atoms with Gasteiger partial charge in [0, 0.05) is 12.4 Å². The molecule has 1 atom stereocenters. The first-order valence-corrected chi connectivity index (χ1v) is 7.82. The lowest BCUT2D eigenvalue weighted by molar-refractivity contribution is 0.399. The van der Waals surface area contributed by atoms with Crippen LogP contribution in [0.1, 0.15) is 42.4 Å². The van der Waals surface area contributed by atoms with Crippen molar-refractivity contribution in [3.05, 3.63) is 66.0 Å². The molecule has 0 aliphatic heterocycles. The molecule has 112 valence electrons. The highest BCUT2D eigenvalue weighted by atomic mass is 15.4. The highest BCUT2D eigenvalue weighted by Crippen LogP contribution is 2.32. The Labute approximate surface area is 129 Å². The third kappa shape index (κ3) is 2.13. The summed E-state index contributed by atoms with van der Waals surface area (Å²) in [5, 5.41) is 8.91. The standard InChI is InChI=1S/C17H19N5/c1-2-16(21-9-5-8-19-21)17-18-12-20-22(17)15-10-13-6-3-4-7-14(13)11-15/h3-9,12,15-16H,2,10-11H2,1H3/t16-/m0/s1. The fourth-order valence-corrected chi connectivity index (χ4v) is 3.44. The Morgan fingerprint density at radius 2 is 1.91 bits per heavy atom. The molecule has 2 aromatic heterocycles. The lowest BCUT2D eigenvalue weighted by Gasteiger charge is -2.19. The predicted molar refractivity (Wildman–Crippen MR) is 83.6 cm³/mol. The number of nitrogens with zero attached hydrogens (tertiary/aromatic N) is 5. The maximum atomic E-state index is 4.54. The second-order valence-corrected chi connectivity index (χ2v) is 5.80. The minimum absolute atomic E-state index is 0.140. The van der Waals surface area contributed by atoms with Crippen molar-refractivity contribution in [3.63, 3.8) is 0 Å². The second kappa shape index (κ2) is 5.40. The molecule has 4 rings (SSSR count). The first-order chi connectivity index (χ1) is 10.9. The van der Waals surface area contributed by atoms with Crippen LogP contribution >= 0.6 is 0 Å². The molecular formula is C17H19N5. The first kappa shape index (κ1) is 13.2. The predicted octanol–water partition coefficient (Wildman–Crippen LogP) is 2.81. The molecular weight excluding hydrogens is 274 g/mol. The summed E-state index contributed by atoms with van der Waals surface area (Å²) in [5.41, 5.74) is 2.86. The van der Waals surface area contributed by atoms with Crippen molar-refractivity contribution in [2.24, 2.45) is 0 Å². The van der Waals surface area contributed by atoms with Crippen LogP contribution in [-0.4, -0.2) is 24.5 Å². The number of rotatable bonds is 4. The third-order valence-electron chi connectivity index (χ3n) is 4.51. The molecule has 0 N–H and O–H groups in total. The second-order valence-electron chi connectivity index (χ2n) is 5.80. The van der Waals surface area contributed by atoms with E-state index in [4.69, 9.17) is 0 Å². The van der Waals surface area contributed by atoms with Crippen molar-refractivity contribution in [1.82, 2.24) is 24.5 Å². The van der Waals surface area contributed by atoms with E-state index in [1.54, 1.807) is 6.33 Å². The quantitative estimate of drug-likeness (QED) is 0.743. The van der Waals surface area contributed by atoms with E-state index in [2.05, 4.69) is 51.1 Å². The van der Waals surface area contributed by atoms with Crippen LogP contribution in [0, 0.1) is 0 Å². The van der Waals surface area contributed by atoms with Crippen LogP contribution in [0.2, 0.25) is 0 Å². The van der Waals surface area contributed by atoms with E-state index in [1.807, 2.05) is 23.1 Å². The fraction of sp³-hybridized carbons (Fsp3) is 0.353. The molecule has 1 aromatic carbocycles. The van der Waals surface area contributed by atoms with E-state index >= 15 is 0 Å². The summed E-state index contributed by atoms with van der Waals surface area (Å²) in [6.45, 7) is 2.16. The fourth-order valence-electron chi connectivity index (χ4n) is 3.44. The topological polar surface area (TPSA) is 48.5 Å². The Kier molecular flexibility index (Phi) is 3.25. The van der Waals surface area contributed by atoms with Crippen LogP contribution in [-0.2, 0) is 12.8 Å². The van der Waals surface area contributed by atoms with Gasteiger partial charge >= 0.3 is 0 Å². The summed E-state index contributed by atoms with van der Waals surface area (Å²) in [6, 6.07) is 11.1. The van der Waals surface area contributed by atoms with Crippen LogP contribution in [0.15, 0.2) is 49.1 Å². The molecule has 0 bridgehead atoms. The summed E-state index contributed by atoms with van der Waals surface area (Å²) in [6.07, 6.45) is 8.49. The van der Waals surface area contributed by atoms with Crippen LogP contribution < -0.4 is 0 Å². The van der Waals surface area contributed by atoms with Gasteiger partial charge in [-0.2, -0.15) is 10.2 Å². The molecule has 22 heavy (non-hydrogen) atoms. The molecule has 5 nitrogen and oxygen atoms in total. The maximum Gasteiger partial charge on any atom is 0.151 e. The zero-order valence-electron chi connectivity index (χ0n) is 12.6. The van der Waals surface area contributed by atoms with E-state index in [9.17, 15) is 0 Å². The Bertz CT molecular complexity index is 734. The van der Waals surface area contributed by atoms with Crippen LogP contribution in [0.4, 0.5) is 0 Å². The summed E-state index contributed by atoms with van der Waals surface area (Å²) in [5.74, 6) is 1.00. The van der Waals surface area contributed by atoms with E-state index in [0.29, 0.717) is 6.04 Å². The van der Waals surface area contributed by atoms with E-state index in [-0.39, 0.29) is 6.04 Å². The van der Waals surface area contributed by atoms with Crippen LogP contribution in [0.5, 0.6) is 0 Å². The Morgan fingerprint density at radius 3 is 2.55 bits per heavy atom. The minimum atomic E-state index is 0.140. The summed E-state index contributed by atoms with van der Waals surface area (Å²) >= 11 is 0. The van der Waals surface area contributed by atoms with Crippen molar-refractivity contribution in [3.8, 4) is 0 Å². The lowest BCUT2D eigenvalue weighted by Crippen LogP contribution is -2.21. The molecule has 5 heteroatoms. The van der Waals surface area contributed by atoms with Gasteiger partial charge in [0.1, 0.15) is 12.4 Å². The van der Waals surface area contributed by atoms with Crippen molar-refractivity contribution < 1.29 is 0 Å². The average molecular weight is 293 g/mol. The molecule has 0 spiro atoms.